The Morgan fingerprint density at radius 1 is 1.05 bits per heavy atom. The minimum Gasteiger partial charge on any atom is -0.494 e. The highest BCUT2D eigenvalue weighted by Gasteiger charge is 2.16. The van der Waals surface area contributed by atoms with E-state index in [0.717, 1.165) is 11.3 Å². The molecule has 5 heteroatoms. The molecule has 0 aliphatic rings. The van der Waals surface area contributed by atoms with E-state index in [-0.39, 0.29) is 11.6 Å². The predicted octanol–water partition coefficient (Wildman–Crippen LogP) is 4.21. The molecule has 0 bridgehead atoms. The van der Waals surface area contributed by atoms with E-state index in [2.05, 4.69) is 5.18 Å². The van der Waals surface area contributed by atoms with Crippen molar-refractivity contribution in [2.24, 2.45) is 5.18 Å². The van der Waals surface area contributed by atoms with Gasteiger partial charge in [0.25, 0.3) is 0 Å². The molecule has 0 atom stereocenters. The highest BCUT2D eigenvalue weighted by atomic mass is 16.5. The van der Waals surface area contributed by atoms with Gasteiger partial charge in [-0.25, -0.2) is 0 Å². The minimum absolute atomic E-state index is 0.0871. The van der Waals surface area contributed by atoms with E-state index in [0.29, 0.717) is 25.0 Å². The van der Waals surface area contributed by atoms with Crippen molar-refractivity contribution in [3.8, 4) is 11.6 Å². The van der Waals surface area contributed by atoms with Crippen LogP contribution in [0.3, 0.4) is 0 Å². The van der Waals surface area contributed by atoms with Crippen LogP contribution in [-0.4, -0.2) is 16.3 Å². The monoisotopic (exact) mass is 296 g/mol. The molecule has 0 amide bonds. The van der Waals surface area contributed by atoms with Crippen molar-refractivity contribution >= 4 is 16.6 Å². The van der Waals surface area contributed by atoms with E-state index in [1.807, 2.05) is 48.5 Å². The lowest BCUT2D eigenvalue weighted by Crippen LogP contribution is -2.04. The molecule has 2 aromatic carbocycles. The average molecular weight is 296 g/mol. The number of aromatic hydroxyl groups is 1. The summed E-state index contributed by atoms with van der Waals surface area (Å²) in [6, 6.07) is 16.9. The number of hydrogen-bond donors (Lipinski definition) is 1. The second-order valence-corrected chi connectivity index (χ2v) is 4.95. The SMILES string of the molecule is O=Nc1c(O)n(CCCOc2ccccc2)c2ccccc12. The molecule has 0 unspecified atom stereocenters. The van der Waals surface area contributed by atoms with Crippen molar-refractivity contribution in [2.45, 2.75) is 13.0 Å². The summed E-state index contributed by atoms with van der Waals surface area (Å²) in [4.78, 5) is 10.9. The third-order valence-corrected chi connectivity index (χ3v) is 3.55. The number of nitroso groups, excluding NO2 is 1. The Labute approximate surface area is 127 Å². The van der Waals surface area contributed by atoms with Gasteiger partial charge in [-0.2, -0.15) is 0 Å². The van der Waals surface area contributed by atoms with Crippen LogP contribution in [0, 0.1) is 4.91 Å². The number of aromatic nitrogens is 1. The molecule has 0 aliphatic carbocycles. The third-order valence-electron chi connectivity index (χ3n) is 3.55. The summed E-state index contributed by atoms with van der Waals surface area (Å²) in [5.41, 5.74) is 0.897. The minimum atomic E-state index is -0.0871. The average Bonchev–Trinajstić information content (AvgIpc) is 2.84. The van der Waals surface area contributed by atoms with Crippen molar-refractivity contribution in [2.75, 3.05) is 6.61 Å². The van der Waals surface area contributed by atoms with Crippen LogP contribution in [0.2, 0.25) is 0 Å². The van der Waals surface area contributed by atoms with Crippen LogP contribution < -0.4 is 4.74 Å². The lowest BCUT2D eigenvalue weighted by Gasteiger charge is -2.08. The van der Waals surface area contributed by atoms with Crippen molar-refractivity contribution in [1.82, 2.24) is 4.57 Å². The van der Waals surface area contributed by atoms with Crippen molar-refractivity contribution < 1.29 is 9.84 Å². The Bertz CT molecular complexity index is 781. The summed E-state index contributed by atoms with van der Waals surface area (Å²) < 4.78 is 7.33. The van der Waals surface area contributed by atoms with Gasteiger partial charge in [0.15, 0.2) is 5.69 Å². The number of aryl methyl sites for hydroxylation is 1. The highest BCUT2D eigenvalue weighted by Crippen LogP contribution is 2.38. The third kappa shape index (κ3) is 2.65. The predicted molar refractivity (Wildman–Crippen MR) is 85.6 cm³/mol. The summed E-state index contributed by atoms with van der Waals surface area (Å²) >= 11 is 0. The second kappa shape index (κ2) is 6.30. The Kier molecular flexibility index (Phi) is 4.05. The quantitative estimate of drug-likeness (QED) is 0.547. The fourth-order valence-corrected chi connectivity index (χ4v) is 2.52. The fraction of sp³-hybridized carbons (Fsp3) is 0.176. The number of rotatable bonds is 6. The van der Waals surface area contributed by atoms with Gasteiger partial charge in [0, 0.05) is 11.9 Å². The summed E-state index contributed by atoms with van der Waals surface area (Å²) in [6.07, 6.45) is 0.708. The van der Waals surface area contributed by atoms with Crippen LogP contribution in [0.25, 0.3) is 10.9 Å². The van der Waals surface area contributed by atoms with E-state index in [9.17, 15) is 10.0 Å². The Balaban J connectivity index is 1.71. The molecule has 0 fully saturated rings. The van der Waals surface area contributed by atoms with Gasteiger partial charge in [0.1, 0.15) is 5.75 Å². The van der Waals surface area contributed by atoms with Crippen molar-refractivity contribution in [3.63, 3.8) is 0 Å². The molecule has 5 nitrogen and oxygen atoms in total. The Morgan fingerprint density at radius 2 is 1.77 bits per heavy atom. The zero-order valence-electron chi connectivity index (χ0n) is 12.0. The first kappa shape index (κ1) is 14.1. The molecule has 22 heavy (non-hydrogen) atoms. The second-order valence-electron chi connectivity index (χ2n) is 4.95. The number of para-hydroxylation sites is 2. The maximum Gasteiger partial charge on any atom is 0.222 e. The van der Waals surface area contributed by atoms with E-state index in [1.54, 1.807) is 10.6 Å². The molecule has 112 valence electrons. The van der Waals surface area contributed by atoms with Gasteiger partial charge in [-0.1, -0.05) is 36.4 Å². The van der Waals surface area contributed by atoms with Crippen molar-refractivity contribution in [3.05, 3.63) is 59.5 Å². The lowest BCUT2D eigenvalue weighted by molar-refractivity contribution is 0.298. The van der Waals surface area contributed by atoms with Gasteiger partial charge < -0.3 is 14.4 Å². The highest BCUT2D eigenvalue weighted by molar-refractivity contribution is 5.94. The van der Waals surface area contributed by atoms with E-state index in [1.165, 1.54) is 0 Å². The number of fused-ring (bicyclic) bond motifs is 1. The normalized spacial score (nSPS) is 10.7. The molecule has 0 aliphatic heterocycles. The van der Waals surface area contributed by atoms with E-state index < -0.39 is 0 Å². The van der Waals surface area contributed by atoms with Gasteiger partial charge >= 0.3 is 0 Å². The number of nitrogens with zero attached hydrogens (tertiary/aromatic N) is 2. The first-order chi connectivity index (χ1) is 10.8. The molecular formula is C17H16N2O3. The molecular weight excluding hydrogens is 280 g/mol. The molecule has 0 saturated heterocycles. The van der Waals surface area contributed by atoms with Crippen LogP contribution in [0.5, 0.6) is 11.6 Å². The van der Waals surface area contributed by atoms with Crippen LogP contribution in [0.1, 0.15) is 6.42 Å². The van der Waals surface area contributed by atoms with E-state index in [4.69, 9.17) is 4.74 Å². The molecule has 1 N–H and O–H groups in total. The summed E-state index contributed by atoms with van der Waals surface area (Å²) in [7, 11) is 0. The standard InChI is InChI=1S/C17H16N2O3/c20-17-16(18-21)14-9-4-5-10-15(14)19(17)11-6-12-22-13-7-2-1-3-8-13/h1-5,7-10,20H,6,11-12H2. The van der Waals surface area contributed by atoms with Crippen LogP contribution in [-0.2, 0) is 6.54 Å². The maximum atomic E-state index is 10.9. The van der Waals surface area contributed by atoms with Crippen LogP contribution in [0.4, 0.5) is 5.69 Å². The molecule has 0 radical (unpaired) electrons. The number of hydrogen-bond acceptors (Lipinski definition) is 4. The summed E-state index contributed by atoms with van der Waals surface area (Å²) in [5, 5.41) is 13.8. The van der Waals surface area contributed by atoms with Gasteiger partial charge in [0.2, 0.25) is 5.88 Å². The molecule has 1 heterocycles. The first-order valence-electron chi connectivity index (χ1n) is 7.12. The van der Waals surface area contributed by atoms with Gasteiger partial charge in [-0.15, -0.1) is 4.91 Å². The number of ether oxygens (including phenoxy) is 1. The first-order valence-corrected chi connectivity index (χ1v) is 7.12. The number of benzene rings is 2. The van der Waals surface area contributed by atoms with Crippen LogP contribution >= 0.6 is 0 Å². The molecule has 1 aromatic heterocycles. The summed E-state index contributed by atoms with van der Waals surface area (Å²) in [5.74, 6) is 0.732. The van der Waals surface area contributed by atoms with E-state index >= 15 is 0 Å². The summed E-state index contributed by atoms with van der Waals surface area (Å²) in [6.45, 7) is 1.08. The van der Waals surface area contributed by atoms with Crippen LogP contribution in [0.15, 0.2) is 59.8 Å². The van der Waals surface area contributed by atoms with Gasteiger partial charge in [-0.05, 0) is 29.8 Å². The Morgan fingerprint density at radius 3 is 2.55 bits per heavy atom. The fourth-order valence-electron chi connectivity index (χ4n) is 2.52. The van der Waals surface area contributed by atoms with Crippen molar-refractivity contribution in [1.29, 1.82) is 0 Å². The van der Waals surface area contributed by atoms with Gasteiger partial charge in [0.05, 0.1) is 12.1 Å². The molecule has 3 rings (SSSR count). The molecule has 0 spiro atoms. The molecule has 0 saturated carbocycles. The topological polar surface area (TPSA) is 63.8 Å². The van der Waals surface area contributed by atoms with Gasteiger partial charge in [-0.3, -0.25) is 0 Å². The smallest absolute Gasteiger partial charge is 0.222 e. The molecule has 3 aromatic rings. The largest absolute Gasteiger partial charge is 0.494 e. The maximum absolute atomic E-state index is 10.9. The zero-order chi connectivity index (χ0) is 15.4. The lowest BCUT2D eigenvalue weighted by atomic mass is 10.2. The zero-order valence-corrected chi connectivity index (χ0v) is 12.0. The Hall–Kier alpha value is -2.82.